The number of piperidine rings is 1. The van der Waals surface area contributed by atoms with Gasteiger partial charge < -0.3 is 14.6 Å². The summed E-state index contributed by atoms with van der Waals surface area (Å²) in [6, 6.07) is 2.24. The molecule has 0 radical (unpaired) electrons. The smallest absolute Gasteiger partial charge is 0.410 e. The summed E-state index contributed by atoms with van der Waals surface area (Å²) in [4.78, 5) is 22.8. The van der Waals surface area contributed by atoms with Crippen molar-refractivity contribution in [3.05, 3.63) is 23.4 Å². The number of nitrogens with zero attached hydrogens (tertiary/aromatic N) is 2. The summed E-state index contributed by atoms with van der Waals surface area (Å²) in [6.45, 7) is 16.4. The maximum Gasteiger partial charge on any atom is 0.410 e. The highest BCUT2D eigenvalue weighted by Gasteiger charge is 2.34. The van der Waals surface area contributed by atoms with Crippen LogP contribution in [0.3, 0.4) is 0 Å². The maximum absolute atomic E-state index is 12.6. The molecule has 0 aromatic carbocycles. The van der Waals surface area contributed by atoms with Crippen LogP contribution in [0.15, 0.2) is 12.3 Å². The molecule has 3 heterocycles. The first kappa shape index (κ1) is 19.9. The van der Waals surface area contributed by atoms with Crippen molar-refractivity contribution in [3.8, 4) is 0 Å². The summed E-state index contributed by atoms with van der Waals surface area (Å²) >= 11 is 0. The van der Waals surface area contributed by atoms with Crippen molar-refractivity contribution in [3.63, 3.8) is 0 Å². The molecule has 1 unspecified atom stereocenters. The van der Waals surface area contributed by atoms with Gasteiger partial charge in [-0.1, -0.05) is 19.6 Å². The molecule has 3 rings (SSSR count). The summed E-state index contributed by atoms with van der Waals surface area (Å²) in [6.07, 6.45) is 3.82. The first-order chi connectivity index (χ1) is 12.5. The number of H-pyrrole nitrogens is 1. The second kappa shape index (κ2) is 6.97. The van der Waals surface area contributed by atoms with Gasteiger partial charge in [0.1, 0.15) is 11.2 Å². The van der Waals surface area contributed by atoms with Crippen LogP contribution in [0.5, 0.6) is 0 Å². The van der Waals surface area contributed by atoms with E-state index in [4.69, 9.17) is 4.74 Å². The van der Waals surface area contributed by atoms with E-state index in [0.717, 1.165) is 25.0 Å². The highest BCUT2D eigenvalue weighted by atomic mass is 28.3. The Morgan fingerprint density at radius 2 is 2.04 bits per heavy atom. The topological polar surface area (TPSA) is 58.2 Å². The standard InChI is InChI=1S/C21H33N3O2Si/c1-14-11-16-17(19(27(5,6)7)23-18(16)22-12-14)15-9-8-10-24(13-15)20(25)26-21(2,3)4/h11-12,15H,8-10,13H2,1-7H3,(H,22,23). The normalized spacial score (nSPS) is 18.8. The fourth-order valence-corrected chi connectivity index (χ4v) is 5.56. The van der Waals surface area contributed by atoms with Crippen LogP contribution in [-0.4, -0.2) is 47.7 Å². The average molecular weight is 388 g/mol. The lowest BCUT2D eigenvalue weighted by molar-refractivity contribution is 0.0199. The molecule has 1 atom stereocenters. The number of hydrogen-bond donors (Lipinski definition) is 1. The molecule has 5 nitrogen and oxygen atoms in total. The van der Waals surface area contributed by atoms with Crippen LogP contribution in [0.2, 0.25) is 19.6 Å². The number of likely N-dealkylation sites (tertiary alicyclic amines) is 1. The lowest BCUT2D eigenvalue weighted by atomic mass is 9.90. The van der Waals surface area contributed by atoms with E-state index < -0.39 is 13.7 Å². The van der Waals surface area contributed by atoms with Crippen molar-refractivity contribution >= 4 is 30.5 Å². The summed E-state index contributed by atoms with van der Waals surface area (Å²) in [5, 5.41) is 2.59. The van der Waals surface area contributed by atoms with Gasteiger partial charge in [-0.05, 0) is 57.7 Å². The Hall–Kier alpha value is -1.82. The largest absolute Gasteiger partial charge is 0.444 e. The maximum atomic E-state index is 12.6. The Labute approximate surface area is 163 Å². The molecule has 1 fully saturated rings. The van der Waals surface area contributed by atoms with Gasteiger partial charge in [-0.25, -0.2) is 9.78 Å². The van der Waals surface area contributed by atoms with E-state index >= 15 is 0 Å². The van der Waals surface area contributed by atoms with Crippen LogP contribution >= 0.6 is 0 Å². The Bertz CT molecular complexity index is 845. The first-order valence-electron chi connectivity index (χ1n) is 9.92. The quantitative estimate of drug-likeness (QED) is 0.770. The number of pyridine rings is 1. The van der Waals surface area contributed by atoms with Crippen molar-refractivity contribution in [1.82, 2.24) is 14.9 Å². The average Bonchev–Trinajstić information content (AvgIpc) is 2.92. The van der Waals surface area contributed by atoms with Crippen molar-refractivity contribution in [2.24, 2.45) is 0 Å². The molecule has 2 aromatic heterocycles. The second-order valence-electron chi connectivity index (χ2n) is 9.84. The summed E-state index contributed by atoms with van der Waals surface area (Å²) < 4.78 is 5.62. The Kier molecular flexibility index (Phi) is 5.14. The molecule has 1 aliphatic rings. The van der Waals surface area contributed by atoms with Crippen molar-refractivity contribution in [2.75, 3.05) is 13.1 Å². The molecule has 6 heteroatoms. The van der Waals surface area contributed by atoms with E-state index in [1.54, 1.807) is 0 Å². The van der Waals surface area contributed by atoms with E-state index in [1.807, 2.05) is 31.9 Å². The minimum absolute atomic E-state index is 0.198. The zero-order valence-corrected chi connectivity index (χ0v) is 18.8. The number of rotatable bonds is 2. The number of amides is 1. The van der Waals surface area contributed by atoms with Gasteiger partial charge >= 0.3 is 6.09 Å². The third kappa shape index (κ3) is 4.37. The van der Waals surface area contributed by atoms with Crippen molar-refractivity contribution in [1.29, 1.82) is 0 Å². The van der Waals surface area contributed by atoms with Crippen LogP contribution in [0.4, 0.5) is 4.79 Å². The number of nitrogens with one attached hydrogen (secondary N) is 1. The third-order valence-corrected chi connectivity index (χ3v) is 6.95. The Morgan fingerprint density at radius 1 is 1.33 bits per heavy atom. The minimum Gasteiger partial charge on any atom is -0.444 e. The Balaban J connectivity index is 1.98. The number of aryl methyl sites for hydroxylation is 1. The molecule has 1 saturated heterocycles. The highest BCUT2D eigenvalue weighted by Crippen LogP contribution is 2.33. The number of carbonyl (C=O) groups is 1. The zero-order chi connectivity index (χ0) is 20.0. The molecular weight excluding hydrogens is 354 g/mol. The zero-order valence-electron chi connectivity index (χ0n) is 17.8. The Morgan fingerprint density at radius 3 is 2.67 bits per heavy atom. The molecular formula is C21H33N3O2Si. The van der Waals surface area contributed by atoms with E-state index in [-0.39, 0.29) is 6.09 Å². The number of aromatic amines is 1. The molecule has 1 amide bonds. The van der Waals surface area contributed by atoms with Crippen LogP contribution in [0.1, 0.15) is 50.7 Å². The number of ether oxygens (including phenoxy) is 1. The number of aromatic nitrogens is 2. The third-order valence-electron chi connectivity index (χ3n) is 5.06. The molecule has 0 aliphatic carbocycles. The van der Waals surface area contributed by atoms with Crippen LogP contribution in [0.25, 0.3) is 11.0 Å². The minimum atomic E-state index is -1.58. The van der Waals surface area contributed by atoms with Gasteiger partial charge in [0.25, 0.3) is 0 Å². The van der Waals surface area contributed by atoms with Gasteiger partial charge in [-0.15, -0.1) is 0 Å². The SMILES string of the molecule is Cc1cnc2[nH]c([Si](C)(C)C)c(C3CCCN(C(=O)OC(C)(C)C)C3)c2c1. The van der Waals surface area contributed by atoms with Gasteiger partial charge in [-0.2, -0.15) is 0 Å². The first-order valence-corrected chi connectivity index (χ1v) is 13.4. The number of fused-ring (bicyclic) bond motifs is 1. The molecule has 0 bridgehead atoms. The van der Waals surface area contributed by atoms with Crippen molar-refractivity contribution in [2.45, 2.75) is 71.7 Å². The van der Waals surface area contributed by atoms with Gasteiger partial charge in [0.2, 0.25) is 0 Å². The molecule has 27 heavy (non-hydrogen) atoms. The van der Waals surface area contributed by atoms with Gasteiger partial charge in [-0.3, -0.25) is 0 Å². The lowest BCUT2D eigenvalue weighted by Gasteiger charge is -2.35. The summed E-state index contributed by atoms with van der Waals surface area (Å²) in [5.41, 5.74) is 3.07. The molecule has 0 saturated carbocycles. The lowest BCUT2D eigenvalue weighted by Crippen LogP contribution is -2.46. The fraction of sp³-hybridized carbons (Fsp3) is 0.619. The van der Waals surface area contributed by atoms with Crippen molar-refractivity contribution < 1.29 is 9.53 Å². The van der Waals surface area contributed by atoms with E-state index in [9.17, 15) is 4.79 Å². The second-order valence-corrected chi connectivity index (χ2v) is 14.8. The van der Waals surface area contributed by atoms with E-state index in [2.05, 4.69) is 42.6 Å². The highest BCUT2D eigenvalue weighted by molar-refractivity contribution is 6.88. The van der Waals surface area contributed by atoms with Gasteiger partial charge in [0, 0.05) is 35.9 Å². The van der Waals surface area contributed by atoms with Crippen LogP contribution in [0, 0.1) is 6.92 Å². The monoisotopic (exact) mass is 387 g/mol. The van der Waals surface area contributed by atoms with E-state index in [1.165, 1.54) is 21.8 Å². The molecule has 1 N–H and O–H groups in total. The molecule has 2 aromatic rings. The van der Waals surface area contributed by atoms with E-state index in [0.29, 0.717) is 12.5 Å². The molecule has 148 valence electrons. The summed E-state index contributed by atoms with van der Waals surface area (Å²) in [7, 11) is -1.58. The molecule has 0 spiro atoms. The molecule has 1 aliphatic heterocycles. The van der Waals surface area contributed by atoms with Crippen LogP contribution in [-0.2, 0) is 4.74 Å². The fourth-order valence-electron chi connectivity index (χ4n) is 3.92. The summed E-state index contributed by atoms with van der Waals surface area (Å²) in [5.74, 6) is 0.324. The predicted molar refractivity (Wildman–Crippen MR) is 114 cm³/mol. The predicted octanol–water partition coefficient (Wildman–Crippen LogP) is 4.53. The van der Waals surface area contributed by atoms with Gasteiger partial charge in [0.05, 0.1) is 8.07 Å². The van der Waals surface area contributed by atoms with Crippen LogP contribution < -0.4 is 5.32 Å². The number of carbonyl (C=O) groups excluding carboxylic acids is 1. The number of hydrogen-bond acceptors (Lipinski definition) is 3. The van der Waals surface area contributed by atoms with Gasteiger partial charge in [0.15, 0.2) is 0 Å².